The summed E-state index contributed by atoms with van der Waals surface area (Å²) in [6.45, 7) is 6.12. The van der Waals surface area contributed by atoms with Crippen LogP contribution >= 0.6 is 11.6 Å². The highest BCUT2D eigenvalue weighted by atomic mass is 35.5. The molecule has 2 aliphatic heterocycles. The Morgan fingerprint density at radius 3 is 2.40 bits per heavy atom. The number of halogens is 1. The lowest BCUT2D eigenvalue weighted by molar-refractivity contribution is 0.0224. The summed E-state index contributed by atoms with van der Waals surface area (Å²) in [5.41, 5.74) is 4.09. The normalized spacial score (nSPS) is 17.3. The zero-order valence-electron chi connectivity index (χ0n) is 22.8. The van der Waals surface area contributed by atoms with Gasteiger partial charge in [-0.3, -0.25) is 0 Å². The smallest absolute Gasteiger partial charge is 0.340 e. The van der Waals surface area contributed by atoms with Gasteiger partial charge in [-0.2, -0.15) is 0 Å². The molecule has 4 aromatic rings. The number of anilines is 2. The number of nitrogens with zero attached hydrogens (tertiary/aromatic N) is 1. The lowest BCUT2D eigenvalue weighted by Crippen LogP contribution is -2.37. The summed E-state index contributed by atoms with van der Waals surface area (Å²) in [4.78, 5) is 15.5. The molecule has 2 unspecified atom stereocenters. The Morgan fingerprint density at radius 1 is 0.875 bits per heavy atom. The van der Waals surface area contributed by atoms with Crippen LogP contribution < -0.4 is 15.0 Å². The summed E-state index contributed by atoms with van der Waals surface area (Å²) >= 11 is 6.46. The monoisotopic (exact) mass is 552 g/mol. The van der Waals surface area contributed by atoms with Gasteiger partial charge in [-0.05, 0) is 49.2 Å². The van der Waals surface area contributed by atoms with E-state index in [4.69, 9.17) is 21.1 Å². The van der Waals surface area contributed by atoms with Crippen LogP contribution in [0, 0.1) is 0 Å². The second-order valence-corrected chi connectivity index (χ2v) is 10.8. The predicted molar refractivity (Wildman–Crippen MR) is 161 cm³/mol. The summed E-state index contributed by atoms with van der Waals surface area (Å²) in [6, 6.07) is 29.9. The maximum atomic E-state index is 13.1. The maximum Gasteiger partial charge on any atom is 0.340 e. The number of ether oxygens (including phenoxy) is 2. The SMILES string of the molecule is CCCCN(CC(CC)Nc1ccccc1Cl)c1ccc2c(c1)Oc1ccccc1C21OC(=O)c2ccccc21. The molecule has 0 fully saturated rings. The van der Waals surface area contributed by atoms with Gasteiger partial charge in [0.2, 0.25) is 0 Å². The van der Waals surface area contributed by atoms with E-state index in [9.17, 15) is 4.79 Å². The minimum absolute atomic E-state index is 0.198. The molecule has 2 atom stereocenters. The summed E-state index contributed by atoms with van der Waals surface area (Å²) in [7, 11) is 0. The van der Waals surface area contributed by atoms with Gasteiger partial charge in [0.1, 0.15) is 11.5 Å². The van der Waals surface area contributed by atoms with Crippen LogP contribution in [0.2, 0.25) is 5.02 Å². The van der Waals surface area contributed by atoms with E-state index in [1.807, 2.05) is 72.8 Å². The third kappa shape index (κ3) is 4.48. The molecule has 0 saturated heterocycles. The molecule has 0 saturated carbocycles. The van der Waals surface area contributed by atoms with Crippen molar-refractivity contribution >= 4 is 28.9 Å². The van der Waals surface area contributed by atoms with Gasteiger partial charge < -0.3 is 19.7 Å². The van der Waals surface area contributed by atoms with E-state index in [0.717, 1.165) is 65.4 Å². The second kappa shape index (κ2) is 10.9. The number of esters is 1. The van der Waals surface area contributed by atoms with Crippen LogP contribution in [0.4, 0.5) is 11.4 Å². The average Bonchev–Trinajstić information content (AvgIpc) is 3.28. The molecular formula is C34H33ClN2O3. The van der Waals surface area contributed by atoms with Crippen molar-refractivity contribution in [2.75, 3.05) is 23.3 Å². The van der Waals surface area contributed by atoms with Crippen molar-refractivity contribution in [1.82, 2.24) is 0 Å². The first kappa shape index (κ1) is 26.3. The molecule has 2 aliphatic rings. The summed E-state index contributed by atoms with van der Waals surface area (Å²) in [5.74, 6) is 1.08. The fourth-order valence-electron chi connectivity index (χ4n) is 5.83. The van der Waals surface area contributed by atoms with Gasteiger partial charge in [0, 0.05) is 47.6 Å². The van der Waals surface area contributed by atoms with Crippen molar-refractivity contribution in [2.45, 2.75) is 44.8 Å². The predicted octanol–water partition coefficient (Wildman–Crippen LogP) is 8.41. The molecule has 0 aromatic heterocycles. The molecule has 204 valence electrons. The molecule has 40 heavy (non-hydrogen) atoms. The molecule has 5 nitrogen and oxygen atoms in total. The van der Waals surface area contributed by atoms with E-state index in [2.05, 4.69) is 42.3 Å². The third-order valence-corrected chi connectivity index (χ3v) is 8.25. The number of nitrogens with one attached hydrogen (secondary N) is 1. The van der Waals surface area contributed by atoms with Gasteiger partial charge in [-0.1, -0.05) is 80.4 Å². The lowest BCUT2D eigenvalue weighted by atomic mass is 9.77. The Bertz CT molecular complexity index is 1550. The fraction of sp³-hybridized carbons (Fsp3) is 0.265. The molecule has 4 aromatic carbocycles. The highest BCUT2D eigenvalue weighted by Crippen LogP contribution is 2.56. The molecule has 6 rings (SSSR count). The van der Waals surface area contributed by atoms with Gasteiger partial charge in [0.05, 0.1) is 16.3 Å². The van der Waals surface area contributed by atoms with E-state index >= 15 is 0 Å². The number of fused-ring (bicyclic) bond motifs is 6. The van der Waals surface area contributed by atoms with Crippen molar-refractivity contribution in [3.05, 3.63) is 118 Å². The van der Waals surface area contributed by atoms with Gasteiger partial charge in [-0.15, -0.1) is 0 Å². The number of para-hydroxylation sites is 2. The quantitative estimate of drug-likeness (QED) is 0.211. The molecule has 0 bridgehead atoms. The number of hydrogen-bond acceptors (Lipinski definition) is 5. The Kier molecular flexibility index (Phi) is 7.16. The van der Waals surface area contributed by atoms with Crippen LogP contribution in [0.15, 0.2) is 91.0 Å². The molecule has 0 radical (unpaired) electrons. The standard InChI is InChI=1S/C34H33ClN2O3/c1-3-5-20-37(22-23(4-2)36-30-16-10-9-15-29(30)35)24-18-19-28-32(21-24)39-31-17-11-8-14-27(31)34(28)26-13-7-6-12-25(26)33(38)40-34/h6-19,21,23,36H,3-5,20,22H2,1-2H3. The first-order chi connectivity index (χ1) is 19.5. The molecule has 6 heteroatoms. The van der Waals surface area contributed by atoms with Crippen molar-refractivity contribution in [1.29, 1.82) is 0 Å². The Hall–Kier alpha value is -3.96. The van der Waals surface area contributed by atoms with Gasteiger partial charge in [-0.25, -0.2) is 4.79 Å². The molecule has 1 N–H and O–H groups in total. The highest BCUT2D eigenvalue weighted by molar-refractivity contribution is 6.33. The van der Waals surface area contributed by atoms with Crippen LogP contribution in [0.5, 0.6) is 11.5 Å². The Labute approximate surface area is 240 Å². The minimum Gasteiger partial charge on any atom is -0.456 e. The zero-order valence-corrected chi connectivity index (χ0v) is 23.6. The Morgan fingerprint density at radius 2 is 1.60 bits per heavy atom. The third-order valence-electron chi connectivity index (χ3n) is 7.92. The number of unbranched alkanes of at least 4 members (excludes halogenated alkanes) is 1. The summed E-state index contributed by atoms with van der Waals surface area (Å²) in [6.07, 6.45) is 3.10. The van der Waals surface area contributed by atoms with Crippen LogP contribution in [0.1, 0.15) is 60.2 Å². The molecule has 1 spiro atoms. The van der Waals surface area contributed by atoms with Crippen molar-refractivity contribution in [2.24, 2.45) is 0 Å². The topological polar surface area (TPSA) is 50.8 Å². The van der Waals surface area contributed by atoms with Crippen LogP contribution in [0.25, 0.3) is 0 Å². The first-order valence-corrected chi connectivity index (χ1v) is 14.4. The summed E-state index contributed by atoms with van der Waals surface area (Å²) in [5, 5.41) is 4.36. The van der Waals surface area contributed by atoms with Crippen molar-refractivity contribution in [3.63, 3.8) is 0 Å². The first-order valence-electron chi connectivity index (χ1n) is 14.1. The lowest BCUT2D eigenvalue weighted by Gasteiger charge is -2.37. The van der Waals surface area contributed by atoms with Crippen molar-refractivity contribution in [3.8, 4) is 11.5 Å². The van der Waals surface area contributed by atoms with E-state index < -0.39 is 5.60 Å². The fourth-order valence-corrected chi connectivity index (χ4v) is 6.02. The van der Waals surface area contributed by atoms with E-state index in [0.29, 0.717) is 17.1 Å². The minimum atomic E-state index is -1.04. The van der Waals surface area contributed by atoms with Gasteiger partial charge in [0.15, 0.2) is 5.60 Å². The van der Waals surface area contributed by atoms with Gasteiger partial charge in [0.25, 0.3) is 0 Å². The number of rotatable bonds is 9. The molecule has 2 heterocycles. The van der Waals surface area contributed by atoms with E-state index in [1.165, 1.54) is 0 Å². The van der Waals surface area contributed by atoms with E-state index in [1.54, 1.807) is 0 Å². The molecule has 0 aliphatic carbocycles. The largest absolute Gasteiger partial charge is 0.456 e. The van der Waals surface area contributed by atoms with Crippen LogP contribution in [0.3, 0.4) is 0 Å². The zero-order chi connectivity index (χ0) is 27.7. The molecular weight excluding hydrogens is 520 g/mol. The van der Waals surface area contributed by atoms with Crippen LogP contribution in [-0.2, 0) is 10.3 Å². The number of hydrogen-bond donors (Lipinski definition) is 1. The number of carbonyl (C=O) groups is 1. The maximum absolute atomic E-state index is 13.1. The second-order valence-electron chi connectivity index (χ2n) is 10.4. The van der Waals surface area contributed by atoms with Crippen molar-refractivity contribution < 1.29 is 14.3 Å². The number of carbonyl (C=O) groups excluding carboxylic acids is 1. The van der Waals surface area contributed by atoms with Gasteiger partial charge >= 0.3 is 5.97 Å². The van der Waals surface area contributed by atoms with Crippen LogP contribution in [-0.4, -0.2) is 25.1 Å². The molecule has 0 amide bonds. The van der Waals surface area contributed by atoms with E-state index in [-0.39, 0.29) is 12.0 Å². The summed E-state index contributed by atoms with van der Waals surface area (Å²) < 4.78 is 12.8. The number of benzene rings is 4. The Balaban J connectivity index is 1.39. The highest BCUT2D eigenvalue weighted by Gasteiger charge is 2.53. The average molecular weight is 553 g/mol.